The molecule has 1 fully saturated rings. The Balaban J connectivity index is 1.56. The molecule has 3 aromatic carbocycles. The van der Waals surface area contributed by atoms with Crippen LogP contribution in [0, 0.1) is 11.3 Å². The minimum atomic E-state index is -4.06. The smallest absolute Gasteiger partial charge is 0.243 e. The standard InChI is InChI=1S/C27H27N3O5S/c1-34-24-13-12-23(16-25(24)35-2)36(32,33)30(17-20-6-4-3-5-7-20)18-26(31)29-22-10-8-21(9-11-22)27(19-28)14-15-27/h3-13,16H,14-15,17-18H2,1-2H3,(H,29,31). The number of rotatable bonds is 10. The van der Waals surface area contributed by atoms with E-state index in [9.17, 15) is 18.5 Å². The molecule has 36 heavy (non-hydrogen) atoms. The van der Waals surface area contributed by atoms with E-state index in [1.807, 2.05) is 30.3 Å². The second kappa shape index (κ2) is 10.4. The molecule has 0 heterocycles. The van der Waals surface area contributed by atoms with Crippen molar-refractivity contribution in [1.82, 2.24) is 4.31 Å². The monoisotopic (exact) mass is 505 g/mol. The summed E-state index contributed by atoms with van der Waals surface area (Å²) in [5.41, 5.74) is 1.78. The first-order chi connectivity index (χ1) is 17.3. The van der Waals surface area contributed by atoms with Crippen LogP contribution in [0.1, 0.15) is 24.0 Å². The molecule has 8 nitrogen and oxygen atoms in total. The number of benzene rings is 3. The van der Waals surface area contributed by atoms with Gasteiger partial charge in [0.25, 0.3) is 0 Å². The lowest BCUT2D eigenvalue weighted by Gasteiger charge is -2.22. The highest BCUT2D eigenvalue weighted by atomic mass is 32.2. The first-order valence-corrected chi connectivity index (χ1v) is 12.8. The molecular formula is C27H27N3O5S. The van der Waals surface area contributed by atoms with Gasteiger partial charge in [-0.15, -0.1) is 0 Å². The molecule has 3 aromatic rings. The Labute approximate surface area is 211 Å². The molecule has 1 amide bonds. The summed E-state index contributed by atoms with van der Waals surface area (Å²) < 4.78 is 38.8. The van der Waals surface area contributed by atoms with Gasteiger partial charge < -0.3 is 14.8 Å². The molecule has 0 bridgehead atoms. The Kier molecular flexibility index (Phi) is 7.29. The minimum Gasteiger partial charge on any atom is -0.493 e. The first kappa shape index (κ1) is 25.2. The van der Waals surface area contributed by atoms with Gasteiger partial charge in [0.15, 0.2) is 11.5 Å². The zero-order valence-electron chi connectivity index (χ0n) is 20.1. The van der Waals surface area contributed by atoms with Crippen LogP contribution in [0.5, 0.6) is 11.5 Å². The average molecular weight is 506 g/mol. The number of nitrogens with one attached hydrogen (secondary N) is 1. The Bertz CT molecular complexity index is 1380. The molecule has 0 atom stereocenters. The maximum Gasteiger partial charge on any atom is 0.243 e. The third kappa shape index (κ3) is 5.35. The maximum atomic E-state index is 13.6. The van der Waals surface area contributed by atoms with Crippen LogP contribution in [0.25, 0.3) is 0 Å². The van der Waals surface area contributed by atoms with Crippen molar-refractivity contribution in [1.29, 1.82) is 5.26 Å². The van der Waals surface area contributed by atoms with Crippen molar-refractivity contribution in [2.45, 2.75) is 29.7 Å². The Morgan fingerprint density at radius 2 is 1.67 bits per heavy atom. The van der Waals surface area contributed by atoms with Gasteiger partial charge in [0.1, 0.15) is 0 Å². The van der Waals surface area contributed by atoms with Crippen LogP contribution in [-0.4, -0.2) is 39.4 Å². The molecule has 186 valence electrons. The van der Waals surface area contributed by atoms with E-state index >= 15 is 0 Å². The molecule has 0 spiro atoms. The van der Waals surface area contributed by atoms with Gasteiger partial charge in [0.2, 0.25) is 15.9 Å². The number of carbonyl (C=O) groups is 1. The van der Waals surface area contributed by atoms with Crippen LogP contribution in [0.3, 0.4) is 0 Å². The topological polar surface area (TPSA) is 109 Å². The van der Waals surface area contributed by atoms with Crippen LogP contribution >= 0.6 is 0 Å². The summed E-state index contributed by atoms with van der Waals surface area (Å²) in [5, 5.41) is 12.1. The van der Waals surface area contributed by atoms with Gasteiger partial charge in [-0.2, -0.15) is 9.57 Å². The summed E-state index contributed by atoms with van der Waals surface area (Å²) in [6.45, 7) is -0.385. The van der Waals surface area contributed by atoms with Gasteiger partial charge in [-0.05, 0) is 48.2 Å². The van der Waals surface area contributed by atoms with Gasteiger partial charge in [0.05, 0.1) is 37.1 Å². The Hall–Kier alpha value is -3.87. The van der Waals surface area contributed by atoms with Gasteiger partial charge >= 0.3 is 0 Å². The van der Waals surface area contributed by atoms with Crippen molar-refractivity contribution >= 4 is 21.6 Å². The maximum absolute atomic E-state index is 13.6. The molecule has 4 rings (SSSR count). The Morgan fingerprint density at radius 3 is 2.25 bits per heavy atom. The van der Waals surface area contributed by atoms with Crippen molar-refractivity contribution in [2.24, 2.45) is 0 Å². The highest BCUT2D eigenvalue weighted by molar-refractivity contribution is 7.89. The quantitative estimate of drug-likeness (QED) is 0.445. The van der Waals surface area contributed by atoms with Crippen LogP contribution < -0.4 is 14.8 Å². The first-order valence-electron chi connectivity index (χ1n) is 11.4. The number of ether oxygens (including phenoxy) is 2. The number of hydrogen-bond donors (Lipinski definition) is 1. The lowest BCUT2D eigenvalue weighted by atomic mass is 9.98. The van der Waals surface area contributed by atoms with E-state index in [1.165, 1.54) is 32.4 Å². The molecule has 1 saturated carbocycles. The predicted molar refractivity (Wildman–Crippen MR) is 135 cm³/mol. The van der Waals surface area contributed by atoms with Gasteiger partial charge in [-0.1, -0.05) is 42.5 Å². The molecule has 0 radical (unpaired) electrons. The summed E-state index contributed by atoms with van der Waals surface area (Å²) in [6, 6.07) is 22.9. The van der Waals surface area contributed by atoms with Gasteiger partial charge in [-0.25, -0.2) is 8.42 Å². The second-order valence-corrected chi connectivity index (χ2v) is 10.5. The minimum absolute atomic E-state index is 0.00850. The number of carbonyl (C=O) groups excluding carboxylic acids is 1. The molecule has 9 heteroatoms. The van der Waals surface area contributed by atoms with E-state index in [0.29, 0.717) is 11.4 Å². The lowest BCUT2D eigenvalue weighted by Crippen LogP contribution is -2.37. The zero-order chi connectivity index (χ0) is 25.8. The third-order valence-corrected chi connectivity index (χ3v) is 7.99. The van der Waals surface area contributed by atoms with Crippen molar-refractivity contribution in [3.8, 4) is 17.6 Å². The zero-order valence-corrected chi connectivity index (χ0v) is 20.9. The Morgan fingerprint density at radius 1 is 1.00 bits per heavy atom. The number of nitrogens with zero attached hydrogens (tertiary/aromatic N) is 2. The van der Waals surface area contributed by atoms with E-state index in [-0.39, 0.29) is 17.2 Å². The number of sulfonamides is 1. The number of hydrogen-bond acceptors (Lipinski definition) is 6. The molecule has 0 unspecified atom stereocenters. The van der Waals surface area contributed by atoms with E-state index in [4.69, 9.17) is 9.47 Å². The summed E-state index contributed by atoms with van der Waals surface area (Å²) in [4.78, 5) is 12.9. The fourth-order valence-corrected chi connectivity index (χ4v) is 5.36. The normalized spacial score (nSPS) is 14.1. The average Bonchev–Trinajstić information content (AvgIpc) is 3.70. The summed E-state index contributed by atoms with van der Waals surface area (Å²) in [6.07, 6.45) is 1.66. The van der Waals surface area contributed by atoms with E-state index in [1.54, 1.807) is 24.3 Å². The molecule has 0 aliphatic heterocycles. The number of anilines is 1. The number of methoxy groups -OCH3 is 2. The molecule has 1 N–H and O–H groups in total. The van der Waals surface area contributed by atoms with Crippen molar-refractivity contribution < 1.29 is 22.7 Å². The van der Waals surface area contributed by atoms with Crippen molar-refractivity contribution in [3.63, 3.8) is 0 Å². The molecule has 1 aliphatic rings. The summed E-state index contributed by atoms with van der Waals surface area (Å²) in [5.74, 6) is 0.189. The van der Waals surface area contributed by atoms with Crippen molar-refractivity contribution in [3.05, 3.63) is 83.9 Å². The molecular weight excluding hydrogens is 478 g/mol. The fourth-order valence-electron chi connectivity index (χ4n) is 3.96. The van der Waals surface area contributed by atoms with Crippen LogP contribution in [0.15, 0.2) is 77.7 Å². The highest BCUT2D eigenvalue weighted by Gasteiger charge is 2.44. The van der Waals surface area contributed by atoms with Crippen LogP contribution in [0.2, 0.25) is 0 Å². The number of amides is 1. The molecule has 0 saturated heterocycles. The molecule has 0 aromatic heterocycles. The van der Waals surface area contributed by atoms with E-state index in [0.717, 1.165) is 28.3 Å². The van der Waals surface area contributed by atoms with Crippen molar-refractivity contribution in [2.75, 3.05) is 26.1 Å². The third-order valence-electron chi connectivity index (χ3n) is 6.20. The largest absolute Gasteiger partial charge is 0.493 e. The fraction of sp³-hybridized carbons (Fsp3) is 0.259. The highest BCUT2D eigenvalue weighted by Crippen LogP contribution is 2.47. The van der Waals surface area contributed by atoms with Crippen LogP contribution in [0.4, 0.5) is 5.69 Å². The SMILES string of the molecule is COc1ccc(S(=O)(=O)N(CC(=O)Nc2ccc(C3(C#N)CC3)cc2)Cc2ccccc2)cc1OC. The van der Waals surface area contributed by atoms with Gasteiger partial charge in [-0.3, -0.25) is 4.79 Å². The summed E-state index contributed by atoms with van der Waals surface area (Å²) in [7, 11) is -1.17. The lowest BCUT2D eigenvalue weighted by molar-refractivity contribution is -0.116. The summed E-state index contributed by atoms with van der Waals surface area (Å²) >= 11 is 0. The number of nitriles is 1. The van der Waals surface area contributed by atoms with Gasteiger partial charge in [0, 0.05) is 18.3 Å². The molecule has 1 aliphatic carbocycles. The predicted octanol–water partition coefficient (Wildman–Crippen LogP) is 4.09. The van der Waals surface area contributed by atoms with E-state index < -0.39 is 27.9 Å². The second-order valence-electron chi connectivity index (χ2n) is 8.59. The van der Waals surface area contributed by atoms with Crippen LogP contribution in [-0.2, 0) is 26.8 Å². The van der Waals surface area contributed by atoms with E-state index in [2.05, 4.69) is 11.4 Å².